The fourth-order valence-corrected chi connectivity index (χ4v) is 3.65. The van der Waals surface area contributed by atoms with E-state index in [1.54, 1.807) is 54.6 Å². The number of nitrogens with one attached hydrogen (secondary N) is 2. The molecule has 3 aromatic carbocycles. The summed E-state index contributed by atoms with van der Waals surface area (Å²) in [4.78, 5) is 24.2. The Hall–Kier alpha value is -3.07. The number of benzene rings is 3. The van der Waals surface area contributed by atoms with E-state index in [0.29, 0.717) is 32.8 Å². The molecule has 0 aromatic heterocycles. The SMILES string of the molecule is COc1cccc(NC(=O)CC(=O)NN=Cc2cc(Br)ccc2OCc2ccc(Cl)cc2Cl)c1. The summed E-state index contributed by atoms with van der Waals surface area (Å²) in [7, 11) is 1.53. The first kappa shape index (κ1) is 25.6. The molecule has 0 unspecified atom stereocenters. The van der Waals surface area contributed by atoms with Crippen molar-refractivity contribution in [2.45, 2.75) is 13.0 Å². The van der Waals surface area contributed by atoms with Crippen LogP contribution in [0.3, 0.4) is 0 Å². The van der Waals surface area contributed by atoms with Gasteiger partial charge in [-0.15, -0.1) is 0 Å². The number of hydrogen-bond donors (Lipinski definition) is 2. The average molecular weight is 565 g/mol. The number of carbonyl (C=O) groups excluding carboxylic acids is 2. The third kappa shape index (κ3) is 7.76. The van der Waals surface area contributed by atoms with Gasteiger partial charge in [-0.1, -0.05) is 51.3 Å². The molecule has 0 aliphatic carbocycles. The number of methoxy groups -OCH3 is 1. The highest BCUT2D eigenvalue weighted by Crippen LogP contribution is 2.26. The van der Waals surface area contributed by atoms with Crippen LogP contribution in [0.5, 0.6) is 11.5 Å². The lowest BCUT2D eigenvalue weighted by Crippen LogP contribution is -2.24. The van der Waals surface area contributed by atoms with Crippen molar-refractivity contribution in [1.29, 1.82) is 0 Å². The molecule has 34 heavy (non-hydrogen) atoms. The van der Waals surface area contributed by atoms with Crippen LogP contribution in [0.2, 0.25) is 10.0 Å². The minimum atomic E-state index is -0.568. The van der Waals surface area contributed by atoms with E-state index in [4.69, 9.17) is 32.7 Å². The number of hydrazone groups is 1. The van der Waals surface area contributed by atoms with Crippen LogP contribution < -0.4 is 20.2 Å². The van der Waals surface area contributed by atoms with Gasteiger partial charge in [-0.3, -0.25) is 9.59 Å². The van der Waals surface area contributed by atoms with Gasteiger partial charge in [0.2, 0.25) is 11.8 Å². The number of carbonyl (C=O) groups is 2. The monoisotopic (exact) mass is 563 g/mol. The van der Waals surface area contributed by atoms with E-state index >= 15 is 0 Å². The Balaban J connectivity index is 1.57. The maximum atomic E-state index is 12.1. The van der Waals surface area contributed by atoms with Gasteiger partial charge in [-0.25, -0.2) is 5.43 Å². The maximum Gasteiger partial charge on any atom is 0.249 e. The van der Waals surface area contributed by atoms with Crippen molar-refractivity contribution in [2.75, 3.05) is 12.4 Å². The first-order valence-corrected chi connectivity index (χ1v) is 11.5. The zero-order valence-corrected chi connectivity index (χ0v) is 21.1. The van der Waals surface area contributed by atoms with E-state index in [0.717, 1.165) is 10.0 Å². The van der Waals surface area contributed by atoms with Crippen LogP contribution in [0.25, 0.3) is 0 Å². The maximum absolute atomic E-state index is 12.1. The lowest BCUT2D eigenvalue weighted by Gasteiger charge is -2.11. The fourth-order valence-electron chi connectivity index (χ4n) is 2.81. The molecule has 0 spiro atoms. The molecule has 0 radical (unpaired) electrons. The van der Waals surface area contributed by atoms with Crippen molar-refractivity contribution >= 4 is 62.8 Å². The van der Waals surface area contributed by atoms with Crippen LogP contribution in [-0.4, -0.2) is 25.1 Å². The summed E-state index contributed by atoms with van der Waals surface area (Å²) in [6, 6.07) is 17.4. The molecule has 0 saturated heterocycles. The van der Waals surface area contributed by atoms with Crippen LogP contribution >= 0.6 is 39.1 Å². The van der Waals surface area contributed by atoms with Gasteiger partial charge in [0.05, 0.1) is 13.3 Å². The first-order chi connectivity index (χ1) is 16.3. The lowest BCUT2D eigenvalue weighted by molar-refractivity contribution is -0.126. The van der Waals surface area contributed by atoms with Gasteiger partial charge < -0.3 is 14.8 Å². The standard InChI is InChI=1S/C24H20BrCl2N3O4/c1-33-20-4-2-3-19(11-20)29-23(31)12-24(32)30-28-13-16-9-17(25)6-8-22(16)34-14-15-5-7-18(26)10-21(15)27/h2-11,13H,12,14H2,1H3,(H,29,31)(H,30,32). The topological polar surface area (TPSA) is 89.0 Å². The Morgan fingerprint density at radius 1 is 1.06 bits per heavy atom. The average Bonchev–Trinajstić information content (AvgIpc) is 2.79. The van der Waals surface area contributed by atoms with Crippen LogP contribution in [-0.2, 0) is 16.2 Å². The summed E-state index contributed by atoms with van der Waals surface area (Å²) >= 11 is 15.5. The molecular weight excluding hydrogens is 545 g/mol. The molecule has 2 amide bonds. The summed E-state index contributed by atoms with van der Waals surface area (Å²) in [6.07, 6.45) is 1.03. The van der Waals surface area contributed by atoms with Gasteiger partial charge >= 0.3 is 0 Å². The summed E-state index contributed by atoms with van der Waals surface area (Å²) in [6.45, 7) is 0.218. The van der Waals surface area contributed by atoms with Gasteiger partial charge in [0.25, 0.3) is 0 Å². The molecule has 3 rings (SSSR count). The molecule has 0 fully saturated rings. The van der Waals surface area contributed by atoms with Gasteiger partial charge in [0.1, 0.15) is 24.5 Å². The van der Waals surface area contributed by atoms with Crippen molar-refractivity contribution in [2.24, 2.45) is 5.10 Å². The molecule has 10 heteroatoms. The molecule has 0 saturated carbocycles. The minimum Gasteiger partial charge on any atom is -0.497 e. The van der Waals surface area contributed by atoms with E-state index in [1.165, 1.54) is 13.3 Å². The lowest BCUT2D eigenvalue weighted by atomic mass is 10.2. The second-order valence-electron chi connectivity index (χ2n) is 6.96. The van der Waals surface area contributed by atoms with E-state index < -0.39 is 18.2 Å². The third-order valence-electron chi connectivity index (χ3n) is 4.44. The molecule has 176 valence electrons. The van der Waals surface area contributed by atoms with E-state index in [1.807, 2.05) is 6.07 Å². The van der Waals surface area contributed by atoms with Crippen molar-refractivity contribution in [3.8, 4) is 11.5 Å². The molecule has 7 nitrogen and oxygen atoms in total. The van der Waals surface area contributed by atoms with Crippen LogP contribution in [0.4, 0.5) is 5.69 Å². The fraction of sp³-hybridized carbons (Fsp3) is 0.125. The Morgan fingerprint density at radius 3 is 2.65 bits per heavy atom. The molecule has 0 atom stereocenters. The van der Waals surface area contributed by atoms with Crippen LogP contribution in [0.1, 0.15) is 17.5 Å². The molecular formula is C24H20BrCl2N3O4. The van der Waals surface area contributed by atoms with Gasteiger partial charge in [-0.05, 0) is 42.5 Å². The number of hydrogen-bond acceptors (Lipinski definition) is 5. The van der Waals surface area contributed by atoms with E-state index in [2.05, 4.69) is 31.8 Å². The zero-order chi connectivity index (χ0) is 24.5. The number of anilines is 1. The molecule has 0 bridgehead atoms. The summed E-state index contributed by atoms with van der Waals surface area (Å²) in [5.74, 6) is 0.0783. The molecule has 0 aliphatic rings. The first-order valence-electron chi connectivity index (χ1n) is 9.96. The highest BCUT2D eigenvalue weighted by atomic mass is 79.9. The van der Waals surface area contributed by atoms with Crippen LogP contribution in [0.15, 0.2) is 70.2 Å². The van der Waals surface area contributed by atoms with Gasteiger partial charge in [0.15, 0.2) is 0 Å². The summed E-state index contributed by atoms with van der Waals surface area (Å²) < 4.78 is 11.8. The molecule has 0 heterocycles. The third-order valence-corrected chi connectivity index (χ3v) is 5.52. The van der Waals surface area contributed by atoms with Crippen molar-refractivity contribution in [3.63, 3.8) is 0 Å². The highest BCUT2D eigenvalue weighted by Gasteiger charge is 2.10. The quantitative estimate of drug-likeness (QED) is 0.195. The molecule has 0 aliphatic heterocycles. The van der Waals surface area contributed by atoms with Crippen LogP contribution in [0, 0.1) is 0 Å². The predicted octanol–water partition coefficient (Wildman–Crippen LogP) is 5.82. The Morgan fingerprint density at radius 2 is 1.88 bits per heavy atom. The number of nitrogens with zero attached hydrogens (tertiary/aromatic N) is 1. The number of amides is 2. The normalized spacial score (nSPS) is 10.7. The largest absolute Gasteiger partial charge is 0.497 e. The van der Waals surface area contributed by atoms with Crippen molar-refractivity contribution in [3.05, 3.63) is 86.3 Å². The highest BCUT2D eigenvalue weighted by molar-refractivity contribution is 9.10. The van der Waals surface area contributed by atoms with E-state index in [9.17, 15) is 9.59 Å². The zero-order valence-electron chi connectivity index (χ0n) is 18.0. The van der Waals surface area contributed by atoms with Gasteiger partial charge in [-0.2, -0.15) is 5.10 Å². The van der Waals surface area contributed by atoms with Gasteiger partial charge in [0, 0.05) is 37.4 Å². The number of rotatable bonds is 9. The molecule has 2 N–H and O–H groups in total. The summed E-state index contributed by atoms with van der Waals surface area (Å²) in [5.41, 5.74) is 4.25. The summed E-state index contributed by atoms with van der Waals surface area (Å²) in [5, 5.41) is 7.62. The molecule has 3 aromatic rings. The van der Waals surface area contributed by atoms with Crippen molar-refractivity contribution in [1.82, 2.24) is 5.43 Å². The van der Waals surface area contributed by atoms with E-state index in [-0.39, 0.29) is 6.61 Å². The van der Waals surface area contributed by atoms with Crippen molar-refractivity contribution < 1.29 is 19.1 Å². The number of halogens is 3. The second kappa shape index (κ2) is 12.4. The Kier molecular flexibility index (Phi) is 9.33. The second-order valence-corrected chi connectivity index (χ2v) is 8.72. The number of ether oxygens (including phenoxy) is 2. The smallest absolute Gasteiger partial charge is 0.249 e. The Bertz CT molecular complexity index is 1220. The Labute approximate surface area is 215 Å². The predicted molar refractivity (Wildman–Crippen MR) is 137 cm³/mol. The minimum absolute atomic E-state index is 0.218.